The molecule has 1 aromatic heterocycles. The third-order valence-electron chi connectivity index (χ3n) is 3.72. The highest BCUT2D eigenvalue weighted by Gasteiger charge is 2.08. The lowest BCUT2D eigenvalue weighted by atomic mass is 10.1. The lowest BCUT2D eigenvalue weighted by molar-refractivity contribution is 0.406. The van der Waals surface area contributed by atoms with Gasteiger partial charge < -0.3 is 20.1 Å². The summed E-state index contributed by atoms with van der Waals surface area (Å²) in [5.74, 6) is 1.69. The van der Waals surface area contributed by atoms with Crippen LogP contribution < -0.4 is 10.1 Å². The van der Waals surface area contributed by atoms with Crippen LogP contribution in [0.2, 0.25) is 0 Å². The van der Waals surface area contributed by atoms with Gasteiger partial charge in [0.2, 0.25) is 0 Å². The third-order valence-corrected chi connectivity index (χ3v) is 3.72. The number of hydrogen-bond donors (Lipinski definition) is 2. The van der Waals surface area contributed by atoms with Crippen LogP contribution in [0.5, 0.6) is 11.5 Å². The first-order valence-corrected chi connectivity index (χ1v) is 7.78. The molecule has 2 N–H and O–H groups in total. The van der Waals surface area contributed by atoms with Crippen molar-refractivity contribution in [1.29, 1.82) is 0 Å². The zero-order valence-corrected chi connectivity index (χ0v) is 17.4. The fourth-order valence-corrected chi connectivity index (χ4v) is 2.48. The predicted octanol–water partition coefficient (Wildman–Crippen LogP) is 2.00. The first-order valence-electron chi connectivity index (χ1n) is 7.78. The second-order valence-corrected chi connectivity index (χ2v) is 5.60. The molecule has 0 bridgehead atoms. The molecule has 2 rings (SSSR count). The van der Waals surface area contributed by atoms with Crippen molar-refractivity contribution >= 4 is 29.9 Å². The number of nitrogens with zero attached hydrogens (tertiary/aromatic N) is 4. The highest BCUT2D eigenvalue weighted by atomic mass is 127. The fraction of sp³-hybridized carbons (Fsp3) is 0.412. The summed E-state index contributed by atoms with van der Waals surface area (Å²) in [6, 6.07) is 5.34. The quantitative estimate of drug-likeness (QED) is 0.393. The maximum atomic E-state index is 9.99. The van der Waals surface area contributed by atoms with Crippen molar-refractivity contribution < 1.29 is 9.84 Å². The van der Waals surface area contributed by atoms with E-state index in [1.54, 1.807) is 24.9 Å². The number of aryl methyl sites for hydroxylation is 1. The molecule has 0 aliphatic rings. The van der Waals surface area contributed by atoms with E-state index in [1.807, 2.05) is 43.5 Å². The van der Waals surface area contributed by atoms with E-state index in [1.165, 1.54) is 0 Å². The van der Waals surface area contributed by atoms with E-state index >= 15 is 0 Å². The van der Waals surface area contributed by atoms with Crippen LogP contribution in [0.15, 0.2) is 35.6 Å². The lowest BCUT2D eigenvalue weighted by Crippen LogP contribution is -2.39. The van der Waals surface area contributed by atoms with Crippen molar-refractivity contribution in [1.82, 2.24) is 20.0 Å². The molecule has 1 aromatic carbocycles. The highest BCUT2D eigenvalue weighted by Crippen LogP contribution is 2.23. The Morgan fingerprint density at radius 1 is 1.44 bits per heavy atom. The van der Waals surface area contributed by atoms with Gasteiger partial charge in [0.25, 0.3) is 0 Å². The van der Waals surface area contributed by atoms with Gasteiger partial charge in [-0.25, -0.2) is 0 Å². The van der Waals surface area contributed by atoms with Gasteiger partial charge in [-0.1, -0.05) is 6.07 Å². The van der Waals surface area contributed by atoms with Crippen molar-refractivity contribution in [2.75, 3.05) is 27.7 Å². The van der Waals surface area contributed by atoms with Gasteiger partial charge in [0.15, 0.2) is 5.96 Å². The van der Waals surface area contributed by atoms with Crippen LogP contribution in [0.25, 0.3) is 0 Å². The van der Waals surface area contributed by atoms with Gasteiger partial charge in [0.05, 0.1) is 13.3 Å². The molecule has 7 nitrogen and oxygen atoms in total. The first-order chi connectivity index (χ1) is 11.5. The Labute approximate surface area is 165 Å². The summed E-state index contributed by atoms with van der Waals surface area (Å²) in [6.45, 7) is 1.39. The predicted molar refractivity (Wildman–Crippen MR) is 110 cm³/mol. The Bertz CT molecular complexity index is 702. The largest absolute Gasteiger partial charge is 0.508 e. The van der Waals surface area contributed by atoms with Gasteiger partial charge in [-0.2, -0.15) is 5.10 Å². The van der Waals surface area contributed by atoms with Crippen LogP contribution in [0.1, 0.15) is 11.1 Å². The molecule has 0 aliphatic carbocycles. The smallest absolute Gasteiger partial charge is 0.193 e. The summed E-state index contributed by atoms with van der Waals surface area (Å²) in [5, 5.41) is 17.5. The average Bonchev–Trinajstić information content (AvgIpc) is 2.97. The molecule has 0 atom stereocenters. The maximum Gasteiger partial charge on any atom is 0.193 e. The minimum atomic E-state index is 0. The molecule has 0 fully saturated rings. The Balaban J connectivity index is 0.00000312. The number of aliphatic imine (C=N–C) groups is 1. The molecule has 25 heavy (non-hydrogen) atoms. The maximum absolute atomic E-state index is 9.99. The van der Waals surface area contributed by atoms with Gasteiger partial charge in [0, 0.05) is 52.1 Å². The molecule has 0 amide bonds. The SMILES string of the molecule is CN=C(NCCc1ccc(OC)cc1O)N(C)Cc1cnn(C)c1.I. The number of aromatic nitrogens is 2. The lowest BCUT2D eigenvalue weighted by Gasteiger charge is -2.21. The molecular weight excluding hydrogens is 433 g/mol. The van der Waals surface area contributed by atoms with Gasteiger partial charge in [-0.15, -0.1) is 24.0 Å². The monoisotopic (exact) mass is 459 g/mol. The molecule has 0 saturated carbocycles. The number of hydrogen-bond acceptors (Lipinski definition) is 4. The summed E-state index contributed by atoms with van der Waals surface area (Å²) >= 11 is 0. The van der Waals surface area contributed by atoms with Crippen molar-refractivity contribution in [3.05, 3.63) is 41.7 Å². The molecule has 0 spiro atoms. The summed E-state index contributed by atoms with van der Waals surface area (Å²) in [6.07, 6.45) is 4.52. The minimum Gasteiger partial charge on any atom is -0.508 e. The molecule has 138 valence electrons. The van der Waals surface area contributed by atoms with Gasteiger partial charge in [0.1, 0.15) is 11.5 Å². The van der Waals surface area contributed by atoms with Gasteiger partial charge in [-0.05, 0) is 18.1 Å². The first kappa shape index (κ1) is 21.1. The topological polar surface area (TPSA) is 74.9 Å². The minimum absolute atomic E-state index is 0. The standard InChI is InChI=1S/C17H25N5O2.HI/c1-18-17(21(2)11-13-10-20-22(3)12-13)19-8-7-14-5-6-15(24-4)9-16(14)23;/h5-6,9-10,12,23H,7-8,11H2,1-4H3,(H,18,19);1H. The number of guanidine groups is 1. The summed E-state index contributed by atoms with van der Waals surface area (Å²) in [7, 11) is 7.22. The molecule has 8 heteroatoms. The van der Waals surface area contributed by atoms with E-state index in [2.05, 4.69) is 15.4 Å². The molecule has 0 unspecified atom stereocenters. The average molecular weight is 459 g/mol. The Kier molecular flexibility index (Phi) is 8.53. The number of methoxy groups -OCH3 is 1. The number of halogens is 1. The fourth-order valence-electron chi connectivity index (χ4n) is 2.48. The number of benzene rings is 1. The van der Waals surface area contributed by atoms with Crippen LogP contribution >= 0.6 is 24.0 Å². The van der Waals surface area contributed by atoms with E-state index in [-0.39, 0.29) is 29.7 Å². The van der Waals surface area contributed by atoms with E-state index in [0.717, 1.165) is 23.6 Å². The summed E-state index contributed by atoms with van der Waals surface area (Å²) < 4.78 is 6.88. The van der Waals surface area contributed by atoms with Crippen LogP contribution in [0.3, 0.4) is 0 Å². The zero-order chi connectivity index (χ0) is 17.5. The van der Waals surface area contributed by atoms with Crippen LogP contribution in [-0.2, 0) is 20.0 Å². The van der Waals surface area contributed by atoms with Crippen molar-refractivity contribution in [2.24, 2.45) is 12.0 Å². The molecule has 1 heterocycles. The second kappa shape index (κ2) is 10.1. The van der Waals surface area contributed by atoms with Crippen molar-refractivity contribution in [3.63, 3.8) is 0 Å². The van der Waals surface area contributed by atoms with Crippen molar-refractivity contribution in [2.45, 2.75) is 13.0 Å². The summed E-state index contributed by atoms with van der Waals surface area (Å²) in [4.78, 5) is 6.33. The second-order valence-electron chi connectivity index (χ2n) is 5.60. The van der Waals surface area contributed by atoms with E-state index < -0.39 is 0 Å². The summed E-state index contributed by atoms with van der Waals surface area (Å²) in [5.41, 5.74) is 1.99. The Morgan fingerprint density at radius 2 is 2.20 bits per heavy atom. The van der Waals surface area contributed by atoms with E-state index in [9.17, 15) is 5.11 Å². The highest BCUT2D eigenvalue weighted by molar-refractivity contribution is 14.0. The van der Waals surface area contributed by atoms with E-state index in [0.29, 0.717) is 18.7 Å². The number of aromatic hydroxyl groups is 1. The molecule has 0 saturated heterocycles. The van der Waals surface area contributed by atoms with Crippen LogP contribution in [0, 0.1) is 0 Å². The Hall–Kier alpha value is -1.97. The van der Waals surface area contributed by atoms with Crippen LogP contribution in [-0.4, -0.2) is 53.5 Å². The normalized spacial score (nSPS) is 11.0. The van der Waals surface area contributed by atoms with Gasteiger partial charge in [-0.3, -0.25) is 9.67 Å². The number of phenols is 1. The molecule has 0 radical (unpaired) electrons. The third kappa shape index (κ3) is 6.11. The molecule has 0 aliphatic heterocycles. The number of phenolic OH excluding ortho intramolecular Hbond substituents is 1. The molecular formula is C17H26IN5O2. The number of ether oxygens (including phenoxy) is 1. The van der Waals surface area contributed by atoms with E-state index in [4.69, 9.17) is 4.74 Å². The Morgan fingerprint density at radius 3 is 2.76 bits per heavy atom. The molecule has 2 aromatic rings. The van der Waals surface area contributed by atoms with Gasteiger partial charge >= 0.3 is 0 Å². The number of nitrogens with one attached hydrogen (secondary N) is 1. The van der Waals surface area contributed by atoms with Crippen LogP contribution in [0.4, 0.5) is 0 Å². The number of rotatable bonds is 6. The zero-order valence-electron chi connectivity index (χ0n) is 15.1. The van der Waals surface area contributed by atoms with Crippen molar-refractivity contribution in [3.8, 4) is 11.5 Å².